The Morgan fingerprint density at radius 3 is 2.74 bits per heavy atom. The van der Waals surface area contributed by atoms with E-state index in [1.807, 2.05) is 19.4 Å². The van der Waals surface area contributed by atoms with Gasteiger partial charge in [0.25, 0.3) is 0 Å². The van der Waals surface area contributed by atoms with Crippen LogP contribution in [-0.4, -0.2) is 34.1 Å². The second-order valence-electron chi connectivity index (χ2n) is 5.37. The molecular formula is C14H22N2O3. The van der Waals surface area contributed by atoms with Gasteiger partial charge in [0.2, 0.25) is 0 Å². The third-order valence-electron chi connectivity index (χ3n) is 4.38. The van der Waals surface area contributed by atoms with Crippen LogP contribution in [0.25, 0.3) is 0 Å². The second-order valence-corrected chi connectivity index (χ2v) is 5.37. The van der Waals surface area contributed by atoms with Crippen molar-refractivity contribution in [1.82, 2.24) is 9.78 Å². The molecule has 0 aliphatic carbocycles. The molecule has 19 heavy (non-hydrogen) atoms. The predicted octanol–water partition coefficient (Wildman–Crippen LogP) is 1.97. The highest BCUT2D eigenvalue weighted by atomic mass is 16.5. The Hall–Kier alpha value is -1.36. The molecule has 0 spiro atoms. The first-order valence-electron chi connectivity index (χ1n) is 6.87. The molecule has 106 valence electrons. The van der Waals surface area contributed by atoms with E-state index in [1.165, 1.54) is 0 Å². The zero-order chi connectivity index (χ0) is 13.9. The Kier molecular flexibility index (Phi) is 4.24. The number of rotatable bonds is 5. The lowest BCUT2D eigenvalue weighted by molar-refractivity contribution is -0.139. The van der Waals surface area contributed by atoms with Gasteiger partial charge in [-0.15, -0.1) is 0 Å². The Morgan fingerprint density at radius 2 is 2.26 bits per heavy atom. The summed E-state index contributed by atoms with van der Waals surface area (Å²) in [6.07, 6.45) is 6.62. The van der Waals surface area contributed by atoms with Crippen molar-refractivity contribution in [3.63, 3.8) is 0 Å². The molecule has 0 amide bonds. The Morgan fingerprint density at radius 1 is 1.58 bits per heavy atom. The Labute approximate surface area is 113 Å². The fraction of sp³-hybridized carbons (Fsp3) is 0.714. The Balaban J connectivity index is 2.37. The smallest absolute Gasteiger partial charge is 0.304 e. The van der Waals surface area contributed by atoms with Crippen molar-refractivity contribution in [3.05, 3.63) is 18.0 Å². The third kappa shape index (κ3) is 2.81. The molecule has 0 aromatic carbocycles. The van der Waals surface area contributed by atoms with Gasteiger partial charge < -0.3 is 9.84 Å². The molecule has 1 N–H and O–H groups in total. The lowest BCUT2D eigenvalue weighted by Crippen LogP contribution is -2.40. The van der Waals surface area contributed by atoms with Crippen LogP contribution in [0.15, 0.2) is 12.4 Å². The summed E-state index contributed by atoms with van der Waals surface area (Å²) in [7, 11) is 1.87. The lowest BCUT2D eigenvalue weighted by atomic mass is 9.64. The van der Waals surface area contributed by atoms with Gasteiger partial charge in [-0.2, -0.15) is 5.10 Å². The number of hydrogen-bond donors (Lipinski definition) is 1. The molecule has 5 nitrogen and oxygen atoms in total. The molecular weight excluding hydrogens is 244 g/mol. The van der Waals surface area contributed by atoms with Gasteiger partial charge in [0.05, 0.1) is 12.6 Å². The first-order valence-corrected chi connectivity index (χ1v) is 6.87. The first kappa shape index (κ1) is 14.1. The summed E-state index contributed by atoms with van der Waals surface area (Å²) in [4.78, 5) is 11.3. The number of hydrogen-bond acceptors (Lipinski definition) is 3. The molecule has 1 aromatic rings. The van der Waals surface area contributed by atoms with E-state index in [2.05, 4.69) is 12.0 Å². The minimum atomic E-state index is -0.739. The van der Waals surface area contributed by atoms with E-state index in [9.17, 15) is 9.90 Å². The maximum Gasteiger partial charge on any atom is 0.304 e. The maximum atomic E-state index is 11.3. The highest BCUT2D eigenvalue weighted by Crippen LogP contribution is 2.43. The van der Waals surface area contributed by atoms with E-state index in [4.69, 9.17) is 4.74 Å². The van der Waals surface area contributed by atoms with Crippen LogP contribution in [0, 0.1) is 5.92 Å². The number of aromatic nitrogens is 2. The second kappa shape index (κ2) is 5.74. The summed E-state index contributed by atoms with van der Waals surface area (Å²) in [6.45, 7) is 3.53. The van der Waals surface area contributed by atoms with Crippen LogP contribution in [-0.2, 0) is 22.0 Å². The van der Waals surface area contributed by atoms with E-state index >= 15 is 0 Å². The predicted molar refractivity (Wildman–Crippen MR) is 71.0 cm³/mol. The number of aliphatic carboxylic acids is 1. The molecule has 1 aromatic heterocycles. The minimum Gasteiger partial charge on any atom is -0.481 e. The van der Waals surface area contributed by atoms with Crippen LogP contribution in [0.1, 0.15) is 38.2 Å². The zero-order valence-corrected chi connectivity index (χ0v) is 11.6. The van der Waals surface area contributed by atoms with Gasteiger partial charge >= 0.3 is 5.97 Å². The van der Waals surface area contributed by atoms with Crippen molar-refractivity contribution in [1.29, 1.82) is 0 Å². The van der Waals surface area contributed by atoms with E-state index in [0.29, 0.717) is 5.92 Å². The van der Waals surface area contributed by atoms with Gasteiger partial charge in [-0.05, 0) is 30.7 Å². The van der Waals surface area contributed by atoms with Gasteiger partial charge in [-0.3, -0.25) is 9.48 Å². The van der Waals surface area contributed by atoms with E-state index in [0.717, 1.165) is 38.0 Å². The van der Waals surface area contributed by atoms with Gasteiger partial charge in [-0.1, -0.05) is 6.92 Å². The van der Waals surface area contributed by atoms with Gasteiger partial charge in [0, 0.05) is 31.9 Å². The summed E-state index contributed by atoms with van der Waals surface area (Å²) >= 11 is 0. The summed E-state index contributed by atoms with van der Waals surface area (Å²) < 4.78 is 7.17. The summed E-state index contributed by atoms with van der Waals surface area (Å²) in [5.41, 5.74) is 0.732. The van der Waals surface area contributed by atoms with Crippen molar-refractivity contribution in [2.24, 2.45) is 13.0 Å². The number of nitrogens with zero attached hydrogens (tertiary/aromatic N) is 2. The number of carboxylic acids is 1. The normalized spacial score (nSPS) is 20.1. The molecule has 2 rings (SSSR count). The van der Waals surface area contributed by atoms with Gasteiger partial charge in [-0.25, -0.2) is 0 Å². The summed E-state index contributed by atoms with van der Waals surface area (Å²) in [5.74, 6) is -0.385. The van der Waals surface area contributed by atoms with Crippen LogP contribution in [0.5, 0.6) is 0 Å². The van der Waals surface area contributed by atoms with Crippen LogP contribution >= 0.6 is 0 Å². The van der Waals surface area contributed by atoms with Crippen molar-refractivity contribution in [2.45, 2.75) is 38.0 Å². The van der Waals surface area contributed by atoms with Crippen molar-refractivity contribution in [3.8, 4) is 0 Å². The van der Waals surface area contributed by atoms with Gasteiger partial charge in [0.1, 0.15) is 0 Å². The van der Waals surface area contributed by atoms with Crippen molar-refractivity contribution in [2.75, 3.05) is 13.2 Å². The fourth-order valence-electron chi connectivity index (χ4n) is 3.30. The summed E-state index contributed by atoms with van der Waals surface area (Å²) in [5, 5.41) is 13.5. The van der Waals surface area contributed by atoms with E-state index in [1.54, 1.807) is 4.68 Å². The van der Waals surface area contributed by atoms with E-state index < -0.39 is 5.97 Å². The molecule has 2 heterocycles. The van der Waals surface area contributed by atoms with Crippen LogP contribution in [0.4, 0.5) is 0 Å². The number of carboxylic acid groups (broad SMARTS) is 1. The molecule has 1 atom stereocenters. The molecule has 1 unspecified atom stereocenters. The topological polar surface area (TPSA) is 64.3 Å². The van der Waals surface area contributed by atoms with Crippen molar-refractivity contribution < 1.29 is 14.6 Å². The maximum absolute atomic E-state index is 11.3. The monoisotopic (exact) mass is 266 g/mol. The number of aryl methyl sites for hydroxylation is 1. The average molecular weight is 266 g/mol. The van der Waals surface area contributed by atoms with Gasteiger partial charge in [0.15, 0.2) is 0 Å². The average Bonchev–Trinajstić information content (AvgIpc) is 2.84. The largest absolute Gasteiger partial charge is 0.481 e. The minimum absolute atomic E-state index is 0.167. The SMILES string of the molecule is CCC(CC(=O)O)(c1cnn(C)c1)C1CCOCC1. The number of ether oxygens (including phenoxy) is 1. The van der Waals surface area contributed by atoms with Crippen molar-refractivity contribution >= 4 is 5.97 Å². The fourth-order valence-corrected chi connectivity index (χ4v) is 3.30. The molecule has 0 radical (unpaired) electrons. The quantitative estimate of drug-likeness (QED) is 0.885. The van der Waals surface area contributed by atoms with E-state index in [-0.39, 0.29) is 11.8 Å². The molecule has 1 saturated heterocycles. The zero-order valence-electron chi connectivity index (χ0n) is 11.6. The highest BCUT2D eigenvalue weighted by Gasteiger charge is 2.42. The highest BCUT2D eigenvalue weighted by molar-refractivity contribution is 5.69. The molecule has 5 heteroatoms. The Bertz CT molecular complexity index is 438. The molecule has 1 fully saturated rings. The third-order valence-corrected chi connectivity index (χ3v) is 4.38. The molecule has 0 saturated carbocycles. The standard InChI is InChI=1S/C14H22N2O3/c1-3-14(8-13(17)18,11-4-6-19-7-5-11)12-9-15-16(2)10-12/h9-11H,3-8H2,1-2H3,(H,17,18). The first-order chi connectivity index (χ1) is 9.08. The van der Waals surface area contributed by atoms with Crippen LogP contribution in [0.2, 0.25) is 0 Å². The molecule has 1 aliphatic heterocycles. The number of carbonyl (C=O) groups is 1. The van der Waals surface area contributed by atoms with Crippen LogP contribution < -0.4 is 0 Å². The summed E-state index contributed by atoms with van der Waals surface area (Å²) in [6, 6.07) is 0. The molecule has 0 bridgehead atoms. The van der Waals surface area contributed by atoms with Crippen LogP contribution in [0.3, 0.4) is 0 Å². The molecule has 1 aliphatic rings. The lowest BCUT2D eigenvalue weighted by Gasteiger charge is -2.40.